The van der Waals surface area contributed by atoms with E-state index in [1.54, 1.807) is 0 Å². The number of aliphatic carboxylic acids is 1. The maximum absolute atomic E-state index is 10.9. The number of carboxylic acid groups (broad SMARTS) is 1. The summed E-state index contributed by atoms with van der Waals surface area (Å²) in [5.41, 5.74) is 2.71. The highest BCUT2D eigenvalue weighted by atomic mass is 16.4. The van der Waals surface area contributed by atoms with E-state index in [0.717, 1.165) is 23.5 Å². The van der Waals surface area contributed by atoms with Crippen LogP contribution in [-0.4, -0.2) is 20.9 Å². The van der Waals surface area contributed by atoms with Crippen LogP contribution >= 0.6 is 0 Å². The first-order valence-electron chi connectivity index (χ1n) is 5.56. The molecule has 0 unspecified atom stereocenters. The summed E-state index contributed by atoms with van der Waals surface area (Å²) in [5.74, 6) is -0.770. The van der Waals surface area contributed by atoms with Crippen LogP contribution in [0.2, 0.25) is 0 Å². The summed E-state index contributed by atoms with van der Waals surface area (Å²) in [5, 5.41) is 13.4. The first-order chi connectivity index (χ1) is 7.29. The minimum Gasteiger partial charge on any atom is -0.481 e. The topological polar surface area (TPSA) is 55.1 Å². The molecule has 0 spiro atoms. The number of hydrogen-bond donors (Lipinski definition) is 1. The van der Waals surface area contributed by atoms with Crippen LogP contribution in [0.5, 0.6) is 0 Å². The molecule has 0 atom stereocenters. The van der Waals surface area contributed by atoms with Gasteiger partial charge in [-0.1, -0.05) is 13.8 Å². The minimum atomic E-state index is -0.770. The molecule has 1 N–H and O–H groups in total. The lowest BCUT2D eigenvalue weighted by Crippen LogP contribution is -2.23. The highest BCUT2D eigenvalue weighted by Gasteiger charge is 2.30. The average Bonchev–Trinajstić information content (AvgIpc) is 2.39. The normalized spacial score (nSPS) is 11.8. The van der Waals surface area contributed by atoms with Gasteiger partial charge in [0.1, 0.15) is 0 Å². The van der Waals surface area contributed by atoms with Gasteiger partial charge >= 0.3 is 5.97 Å². The number of rotatable bonds is 4. The van der Waals surface area contributed by atoms with Gasteiger partial charge in [0, 0.05) is 23.2 Å². The summed E-state index contributed by atoms with van der Waals surface area (Å²) < 4.78 is 1.92. The van der Waals surface area contributed by atoms with Crippen LogP contribution in [0.1, 0.15) is 44.1 Å². The molecule has 0 aliphatic carbocycles. The molecule has 4 nitrogen and oxygen atoms in total. The Hall–Kier alpha value is -1.32. The molecule has 1 aromatic heterocycles. The predicted octanol–water partition coefficient (Wildman–Crippen LogP) is 2.27. The Kier molecular flexibility index (Phi) is 3.41. The molecule has 0 bridgehead atoms. The Labute approximate surface area is 96.3 Å². The van der Waals surface area contributed by atoms with Crippen molar-refractivity contribution in [1.29, 1.82) is 0 Å². The summed E-state index contributed by atoms with van der Waals surface area (Å²) in [6.45, 7) is 10.7. The molecule has 0 aliphatic rings. The van der Waals surface area contributed by atoms with Gasteiger partial charge in [-0.3, -0.25) is 9.48 Å². The van der Waals surface area contributed by atoms with E-state index in [1.165, 1.54) is 0 Å². The Morgan fingerprint density at radius 3 is 2.38 bits per heavy atom. The molecule has 0 aliphatic heterocycles. The number of nitrogens with zero attached hydrogens (tertiary/aromatic N) is 2. The molecule has 0 radical (unpaired) electrons. The van der Waals surface area contributed by atoms with Gasteiger partial charge in [0.15, 0.2) is 0 Å². The highest BCUT2D eigenvalue weighted by Crippen LogP contribution is 2.32. The molecule has 1 heterocycles. The van der Waals surface area contributed by atoms with Gasteiger partial charge in [-0.05, 0) is 20.8 Å². The second-order valence-corrected chi connectivity index (χ2v) is 4.82. The fourth-order valence-electron chi connectivity index (χ4n) is 2.45. The largest absolute Gasteiger partial charge is 0.481 e. The van der Waals surface area contributed by atoms with Crippen molar-refractivity contribution in [3.63, 3.8) is 0 Å². The van der Waals surface area contributed by atoms with Gasteiger partial charge in [-0.2, -0.15) is 5.10 Å². The smallest absolute Gasteiger partial charge is 0.304 e. The van der Waals surface area contributed by atoms with Crippen molar-refractivity contribution in [2.45, 2.75) is 53.0 Å². The fourth-order valence-corrected chi connectivity index (χ4v) is 2.45. The maximum Gasteiger partial charge on any atom is 0.304 e. The summed E-state index contributed by atoms with van der Waals surface area (Å²) in [7, 11) is 0. The van der Waals surface area contributed by atoms with E-state index in [9.17, 15) is 4.79 Å². The molecule has 1 rings (SSSR count). The van der Waals surface area contributed by atoms with E-state index in [2.05, 4.69) is 5.10 Å². The Bertz CT molecular complexity index is 405. The average molecular weight is 224 g/mol. The van der Waals surface area contributed by atoms with Crippen molar-refractivity contribution in [3.8, 4) is 0 Å². The van der Waals surface area contributed by atoms with Crippen LogP contribution < -0.4 is 0 Å². The minimum absolute atomic E-state index is 0.129. The number of carbonyl (C=O) groups is 1. The third-order valence-electron chi connectivity index (χ3n) is 2.95. The van der Waals surface area contributed by atoms with Gasteiger partial charge in [0.2, 0.25) is 0 Å². The standard InChI is InChI=1S/C12H20N2O2/c1-6-14-9(3)11(8(2)13-14)12(4,5)7-10(15)16/h6-7H2,1-5H3,(H,15,16). The van der Waals surface area contributed by atoms with E-state index in [1.807, 2.05) is 39.3 Å². The van der Waals surface area contributed by atoms with E-state index in [0.29, 0.717) is 0 Å². The second-order valence-electron chi connectivity index (χ2n) is 4.82. The predicted molar refractivity (Wildman–Crippen MR) is 62.7 cm³/mol. The first kappa shape index (κ1) is 12.7. The lowest BCUT2D eigenvalue weighted by Gasteiger charge is -2.23. The highest BCUT2D eigenvalue weighted by molar-refractivity contribution is 5.69. The number of carboxylic acids is 1. The number of aryl methyl sites for hydroxylation is 2. The Morgan fingerprint density at radius 2 is 2.00 bits per heavy atom. The number of hydrogen-bond acceptors (Lipinski definition) is 2. The fraction of sp³-hybridized carbons (Fsp3) is 0.667. The summed E-state index contributed by atoms with van der Waals surface area (Å²) >= 11 is 0. The first-order valence-corrected chi connectivity index (χ1v) is 5.56. The van der Waals surface area contributed by atoms with Crippen LogP contribution in [0.4, 0.5) is 0 Å². The van der Waals surface area contributed by atoms with Gasteiger partial charge in [0.05, 0.1) is 12.1 Å². The lowest BCUT2D eigenvalue weighted by molar-refractivity contribution is -0.138. The van der Waals surface area contributed by atoms with Gasteiger partial charge in [-0.15, -0.1) is 0 Å². The number of aromatic nitrogens is 2. The lowest BCUT2D eigenvalue weighted by atomic mass is 9.80. The van der Waals surface area contributed by atoms with E-state index in [4.69, 9.17) is 5.11 Å². The molecule has 0 fully saturated rings. The third-order valence-corrected chi connectivity index (χ3v) is 2.95. The van der Waals surface area contributed by atoms with E-state index >= 15 is 0 Å². The van der Waals surface area contributed by atoms with Gasteiger partial charge < -0.3 is 5.11 Å². The second kappa shape index (κ2) is 4.28. The van der Waals surface area contributed by atoms with Crippen molar-refractivity contribution >= 4 is 5.97 Å². The van der Waals surface area contributed by atoms with Crippen LogP contribution in [-0.2, 0) is 16.8 Å². The molecule has 0 saturated heterocycles. The monoisotopic (exact) mass is 224 g/mol. The van der Waals surface area contributed by atoms with Crippen LogP contribution in [0.3, 0.4) is 0 Å². The van der Waals surface area contributed by atoms with E-state index in [-0.39, 0.29) is 11.8 Å². The van der Waals surface area contributed by atoms with Crippen LogP contribution in [0.25, 0.3) is 0 Å². The zero-order chi connectivity index (χ0) is 12.5. The summed E-state index contributed by atoms with van der Waals surface area (Å²) in [4.78, 5) is 10.9. The van der Waals surface area contributed by atoms with Crippen molar-refractivity contribution in [2.24, 2.45) is 0 Å². The van der Waals surface area contributed by atoms with Gasteiger partial charge in [0.25, 0.3) is 0 Å². The molecule has 16 heavy (non-hydrogen) atoms. The quantitative estimate of drug-likeness (QED) is 0.853. The Morgan fingerprint density at radius 1 is 1.44 bits per heavy atom. The molecule has 4 heteroatoms. The van der Waals surface area contributed by atoms with Crippen molar-refractivity contribution in [1.82, 2.24) is 9.78 Å². The summed E-state index contributed by atoms with van der Waals surface area (Å²) in [6, 6.07) is 0. The molecule has 1 aromatic rings. The molecule has 0 amide bonds. The van der Waals surface area contributed by atoms with Crippen molar-refractivity contribution in [3.05, 3.63) is 17.0 Å². The zero-order valence-electron chi connectivity index (χ0n) is 10.7. The molecular formula is C12H20N2O2. The molecule has 0 aromatic carbocycles. The van der Waals surface area contributed by atoms with Crippen molar-refractivity contribution in [2.75, 3.05) is 0 Å². The van der Waals surface area contributed by atoms with Crippen LogP contribution in [0, 0.1) is 13.8 Å². The molecule has 90 valence electrons. The summed E-state index contributed by atoms with van der Waals surface area (Å²) in [6.07, 6.45) is 0.129. The molecule has 0 saturated carbocycles. The SMILES string of the molecule is CCn1nc(C)c(C(C)(C)CC(=O)O)c1C. The zero-order valence-corrected chi connectivity index (χ0v) is 10.7. The third kappa shape index (κ3) is 2.26. The van der Waals surface area contributed by atoms with Gasteiger partial charge in [-0.25, -0.2) is 0 Å². The van der Waals surface area contributed by atoms with E-state index < -0.39 is 5.97 Å². The molecular weight excluding hydrogens is 204 g/mol. The van der Waals surface area contributed by atoms with Crippen LogP contribution in [0.15, 0.2) is 0 Å². The Balaban J connectivity index is 3.21. The van der Waals surface area contributed by atoms with Crippen molar-refractivity contribution < 1.29 is 9.90 Å². The maximum atomic E-state index is 10.9.